The number of nitrogens with zero attached hydrogens (tertiary/aromatic N) is 2. The third-order valence-corrected chi connectivity index (χ3v) is 3.34. The summed E-state index contributed by atoms with van der Waals surface area (Å²) in [6.07, 6.45) is 3.56. The molecule has 0 saturated heterocycles. The Labute approximate surface area is 116 Å². The lowest BCUT2D eigenvalue weighted by Gasteiger charge is -2.08. The van der Waals surface area contributed by atoms with Crippen molar-refractivity contribution < 1.29 is 0 Å². The lowest BCUT2D eigenvalue weighted by Crippen LogP contribution is -2.24. The van der Waals surface area contributed by atoms with E-state index in [9.17, 15) is 4.79 Å². The first-order valence-electron chi connectivity index (χ1n) is 6.50. The Morgan fingerprint density at radius 3 is 2.90 bits per heavy atom. The predicted octanol–water partition coefficient (Wildman–Crippen LogP) is 1.90. The van der Waals surface area contributed by atoms with Crippen LogP contribution < -0.4 is 11.3 Å². The van der Waals surface area contributed by atoms with E-state index in [-0.39, 0.29) is 12.1 Å². The van der Waals surface area contributed by atoms with Crippen LogP contribution in [0.3, 0.4) is 0 Å². The van der Waals surface area contributed by atoms with Gasteiger partial charge in [-0.05, 0) is 29.8 Å². The van der Waals surface area contributed by atoms with Crippen molar-refractivity contribution in [1.82, 2.24) is 9.55 Å². The van der Waals surface area contributed by atoms with E-state index in [0.29, 0.717) is 12.1 Å². The minimum absolute atomic E-state index is 0.0266. The largest absolute Gasteiger partial charge is 0.326 e. The van der Waals surface area contributed by atoms with Gasteiger partial charge in [-0.25, -0.2) is 0 Å². The predicted molar refractivity (Wildman–Crippen MR) is 79.4 cm³/mol. The second kappa shape index (κ2) is 5.27. The highest BCUT2D eigenvalue weighted by atomic mass is 16.1. The van der Waals surface area contributed by atoms with E-state index in [1.54, 1.807) is 23.0 Å². The van der Waals surface area contributed by atoms with Crippen molar-refractivity contribution in [3.8, 4) is 0 Å². The van der Waals surface area contributed by atoms with Gasteiger partial charge in [0, 0.05) is 29.9 Å². The zero-order valence-corrected chi connectivity index (χ0v) is 11.0. The summed E-state index contributed by atoms with van der Waals surface area (Å²) in [7, 11) is 0. The molecular weight excluding hydrogens is 250 g/mol. The molecule has 0 bridgehead atoms. The van der Waals surface area contributed by atoms with Gasteiger partial charge in [0.1, 0.15) is 0 Å². The van der Waals surface area contributed by atoms with E-state index in [1.807, 2.05) is 30.3 Å². The average Bonchev–Trinajstić information content (AvgIpc) is 2.49. The third-order valence-electron chi connectivity index (χ3n) is 3.34. The van der Waals surface area contributed by atoms with Crippen LogP contribution in [0.5, 0.6) is 0 Å². The molecule has 0 unspecified atom stereocenters. The van der Waals surface area contributed by atoms with Crippen molar-refractivity contribution in [3.05, 3.63) is 76.3 Å². The molecule has 0 amide bonds. The molecule has 0 aliphatic carbocycles. The molecule has 3 aromatic rings. The Morgan fingerprint density at radius 2 is 2.05 bits per heavy atom. The van der Waals surface area contributed by atoms with E-state index < -0.39 is 0 Å². The van der Waals surface area contributed by atoms with Crippen molar-refractivity contribution >= 4 is 10.9 Å². The molecular formula is C16H15N3O. The van der Waals surface area contributed by atoms with Crippen LogP contribution in [0.4, 0.5) is 0 Å². The summed E-state index contributed by atoms with van der Waals surface area (Å²) in [5.74, 6) is 0. The molecule has 100 valence electrons. The van der Waals surface area contributed by atoms with Gasteiger partial charge in [-0.2, -0.15) is 0 Å². The second-order valence-electron chi connectivity index (χ2n) is 4.70. The van der Waals surface area contributed by atoms with Crippen LogP contribution in [-0.2, 0) is 13.1 Å². The van der Waals surface area contributed by atoms with E-state index >= 15 is 0 Å². The molecule has 2 N–H and O–H groups in total. The minimum Gasteiger partial charge on any atom is -0.326 e. The summed E-state index contributed by atoms with van der Waals surface area (Å²) in [4.78, 5) is 16.4. The standard InChI is InChI=1S/C16H15N3O/c17-10-14-4-2-8-19(16(14)20)11-12-5-6-15-13(9-12)3-1-7-18-15/h1-9H,10-11,17H2. The summed E-state index contributed by atoms with van der Waals surface area (Å²) >= 11 is 0. The van der Waals surface area contributed by atoms with Gasteiger partial charge in [-0.15, -0.1) is 0 Å². The summed E-state index contributed by atoms with van der Waals surface area (Å²) in [5.41, 5.74) is 8.20. The SMILES string of the molecule is NCc1cccn(Cc2ccc3ncccc3c2)c1=O. The van der Waals surface area contributed by atoms with Crippen LogP contribution in [0, 0.1) is 0 Å². The highest BCUT2D eigenvalue weighted by Crippen LogP contribution is 2.13. The Kier molecular flexibility index (Phi) is 3.31. The van der Waals surface area contributed by atoms with Crippen LogP contribution >= 0.6 is 0 Å². The van der Waals surface area contributed by atoms with E-state index in [1.165, 1.54) is 0 Å². The van der Waals surface area contributed by atoms with Crippen molar-refractivity contribution in [2.24, 2.45) is 5.73 Å². The molecule has 4 nitrogen and oxygen atoms in total. The van der Waals surface area contributed by atoms with Crippen molar-refractivity contribution in [2.45, 2.75) is 13.1 Å². The Bertz CT molecular complexity index is 808. The van der Waals surface area contributed by atoms with Gasteiger partial charge in [-0.3, -0.25) is 9.78 Å². The molecule has 0 radical (unpaired) electrons. The molecule has 1 aromatic carbocycles. The molecule has 4 heteroatoms. The first-order valence-corrected chi connectivity index (χ1v) is 6.50. The average molecular weight is 265 g/mol. The summed E-state index contributed by atoms with van der Waals surface area (Å²) < 4.78 is 1.68. The lowest BCUT2D eigenvalue weighted by molar-refractivity contribution is 0.744. The van der Waals surface area contributed by atoms with Gasteiger partial charge in [0.2, 0.25) is 0 Å². The van der Waals surface area contributed by atoms with Crippen molar-refractivity contribution in [1.29, 1.82) is 0 Å². The van der Waals surface area contributed by atoms with E-state index in [2.05, 4.69) is 11.1 Å². The lowest BCUT2D eigenvalue weighted by atomic mass is 10.1. The monoisotopic (exact) mass is 265 g/mol. The maximum atomic E-state index is 12.1. The van der Waals surface area contributed by atoms with Crippen LogP contribution in [0.1, 0.15) is 11.1 Å². The van der Waals surface area contributed by atoms with Gasteiger partial charge in [0.15, 0.2) is 0 Å². The van der Waals surface area contributed by atoms with Crippen molar-refractivity contribution in [2.75, 3.05) is 0 Å². The number of rotatable bonds is 3. The molecule has 0 aliphatic heterocycles. The smallest absolute Gasteiger partial charge is 0.255 e. The van der Waals surface area contributed by atoms with Gasteiger partial charge >= 0.3 is 0 Å². The van der Waals surface area contributed by atoms with Crippen LogP contribution in [0.15, 0.2) is 59.7 Å². The number of fused-ring (bicyclic) bond motifs is 1. The zero-order chi connectivity index (χ0) is 13.9. The fraction of sp³-hybridized carbons (Fsp3) is 0.125. The number of hydrogen-bond donors (Lipinski definition) is 1. The normalized spacial score (nSPS) is 10.8. The molecule has 3 rings (SSSR count). The maximum Gasteiger partial charge on any atom is 0.255 e. The quantitative estimate of drug-likeness (QED) is 0.786. The molecule has 2 aromatic heterocycles. The zero-order valence-electron chi connectivity index (χ0n) is 11.0. The molecule has 0 atom stereocenters. The number of hydrogen-bond acceptors (Lipinski definition) is 3. The fourth-order valence-electron chi connectivity index (χ4n) is 2.29. The van der Waals surface area contributed by atoms with Gasteiger partial charge in [-0.1, -0.05) is 18.2 Å². The van der Waals surface area contributed by atoms with Crippen LogP contribution in [0.25, 0.3) is 10.9 Å². The van der Waals surface area contributed by atoms with Crippen molar-refractivity contribution in [3.63, 3.8) is 0 Å². The highest BCUT2D eigenvalue weighted by Gasteiger charge is 2.03. The fourth-order valence-corrected chi connectivity index (χ4v) is 2.29. The maximum absolute atomic E-state index is 12.1. The van der Waals surface area contributed by atoms with Gasteiger partial charge < -0.3 is 10.3 Å². The van der Waals surface area contributed by atoms with Crippen LogP contribution in [0.2, 0.25) is 0 Å². The molecule has 0 aliphatic rings. The Balaban J connectivity index is 1.99. The minimum atomic E-state index is -0.0266. The van der Waals surface area contributed by atoms with Gasteiger partial charge in [0.25, 0.3) is 5.56 Å². The molecule has 20 heavy (non-hydrogen) atoms. The molecule has 0 saturated carbocycles. The van der Waals surface area contributed by atoms with Crippen LogP contribution in [-0.4, -0.2) is 9.55 Å². The number of pyridine rings is 2. The molecule has 0 fully saturated rings. The summed E-state index contributed by atoms with van der Waals surface area (Å²) in [6, 6.07) is 13.6. The number of benzene rings is 1. The Hall–Kier alpha value is -2.46. The first kappa shape index (κ1) is 12.6. The first-order chi connectivity index (χ1) is 9.78. The van der Waals surface area contributed by atoms with Gasteiger partial charge in [0.05, 0.1) is 12.1 Å². The van der Waals surface area contributed by atoms with E-state index in [0.717, 1.165) is 16.5 Å². The summed E-state index contributed by atoms with van der Waals surface area (Å²) in [5, 5.41) is 1.08. The van der Waals surface area contributed by atoms with E-state index in [4.69, 9.17) is 5.73 Å². The third kappa shape index (κ3) is 2.33. The summed E-state index contributed by atoms with van der Waals surface area (Å²) in [6.45, 7) is 0.804. The topological polar surface area (TPSA) is 60.9 Å². The second-order valence-corrected chi connectivity index (χ2v) is 4.70. The highest BCUT2D eigenvalue weighted by molar-refractivity contribution is 5.78. The Morgan fingerprint density at radius 1 is 1.15 bits per heavy atom. The number of aromatic nitrogens is 2. The molecule has 2 heterocycles. The molecule has 0 spiro atoms. The number of nitrogens with two attached hydrogens (primary N) is 1.